The molecular formula is C18H33N3O. The minimum atomic E-state index is 0.274. The summed E-state index contributed by atoms with van der Waals surface area (Å²) in [7, 11) is 0. The molecule has 3 aliphatic rings. The van der Waals surface area contributed by atoms with Crippen LogP contribution in [0, 0.1) is 23.7 Å². The molecule has 4 N–H and O–H groups in total. The quantitative estimate of drug-likeness (QED) is 0.744. The molecule has 2 aliphatic carbocycles. The third-order valence-corrected chi connectivity index (χ3v) is 6.35. The zero-order valence-electron chi connectivity index (χ0n) is 14.0. The molecule has 2 saturated carbocycles. The lowest BCUT2D eigenvalue weighted by molar-refractivity contribution is -0.124. The summed E-state index contributed by atoms with van der Waals surface area (Å²) < 4.78 is 0. The van der Waals surface area contributed by atoms with Crippen LogP contribution in [0.1, 0.15) is 58.3 Å². The van der Waals surface area contributed by atoms with Crippen LogP contribution in [0.3, 0.4) is 0 Å². The van der Waals surface area contributed by atoms with Gasteiger partial charge in [0.05, 0.1) is 0 Å². The van der Waals surface area contributed by atoms with Crippen molar-refractivity contribution < 1.29 is 4.79 Å². The van der Waals surface area contributed by atoms with E-state index in [1.54, 1.807) is 0 Å². The number of nitrogens with two attached hydrogens (primary N) is 1. The van der Waals surface area contributed by atoms with Gasteiger partial charge in [0.25, 0.3) is 0 Å². The number of rotatable bonds is 4. The summed E-state index contributed by atoms with van der Waals surface area (Å²) in [5, 5.41) is 6.86. The Bertz CT molecular complexity index is 367. The molecule has 0 aromatic heterocycles. The summed E-state index contributed by atoms with van der Waals surface area (Å²) in [6.07, 6.45) is 9.22. The highest BCUT2D eigenvalue weighted by molar-refractivity contribution is 5.76. The van der Waals surface area contributed by atoms with Gasteiger partial charge in [0.15, 0.2) is 0 Å². The summed E-state index contributed by atoms with van der Waals surface area (Å²) >= 11 is 0. The van der Waals surface area contributed by atoms with E-state index in [9.17, 15) is 4.79 Å². The second kappa shape index (κ2) is 7.31. The Morgan fingerprint density at radius 2 is 1.95 bits per heavy atom. The van der Waals surface area contributed by atoms with Gasteiger partial charge < -0.3 is 16.4 Å². The molecule has 1 saturated heterocycles. The van der Waals surface area contributed by atoms with Crippen molar-refractivity contribution in [2.45, 2.75) is 70.4 Å². The van der Waals surface area contributed by atoms with Crippen molar-refractivity contribution >= 4 is 5.91 Å². The van der Waals surface area contributed by atoms with Crippen LogP contribution in [0.25, 0.3) is 0 Å². The summed E-state index contributed by atoms with van der Waals surface area (Å²) in [5.74, 6) is 2.67. The maximum absolute atomic E-state index is 12.5. The highest BCUT2D eigenvalue weighted by Gasteiger charge is 2.40. The number of hydrogen-bond acceptors (Lipinski definition) is 3. The average molecular weight is 307 g/mol. The van der Waals surface area contributed by atoms with Crippen molar-refractivity contribution in [1.29, 1.82) is 0 Å². The number of amides is 1. The highest BCUT2D eigenvalue weighted by atomic mass is 16.1. The predicted octanol–water partition coefficient (Wildman–Crippen LogP) is 2.03. The van der Waals surface area contributed by atoms with Gasteiger partial charge in [-0.25, -0.2) is 0 Å². The lowest BCUT2D eigenvalue weighted by Crippen LogP contribution is -2.54. The third-order valence-electron chi connectivity index (χ3n) is 6.35. The molecule has 4 nitrogen and oxygen atoms in total. The molecule has 0 spiro atoms. The highest BCUT2D eigenvalue weighted by Crippen LogP contribution is 2.39. The van der Waals surface area contributed by atoms with Gasteiger partial charge in [0.2, 0.25) is 5.91 Å². The minimum absolute atomic E-state index is 0.274. The lowest BCUT2D eigenvalue weighted by Gasteiger charge is -2.45. The van der Waals surface area contributed by atoms with Crippen LogP contribution >= 0.6 is 0 Å². The Morgan fingerprint density at radius 3 is 2.59 bits per heavy atom. The van der Waals surface area contributed by atoms with E-state index >= 15 is 0 Å². The van der Waals surface area contributed by atoms with E-state index in [0.717, 1.165) is 25.9 Å². The van der Waals surface area contributed by atoms with Crippen molar-refractivity contribution in [2.24, 2.45) is 29.4 Å². The standard InChI is InChI=1S/C18H33N3O/c1-12(15-6-3-7-20-11-15)8-17(22)21-18-13-4-2-5-14(18)10-16(19)9-13/h12-16,18,20H,2-11,19H2,1H3,(H,21,22). The summed E-state index contributed by atoms with van der Waals surface area (Å²) in [6, 6.07) is 0.758. The largest absolute Gasteiger partial charge is 0.353 e. The number of fused-ring (bicyclic) bond motifs is 2. The van der Waals surface area contributed by atoms with Crippen LogP contribution in [-0.2, 0) is 4.79 Å². The molecule has 0 radical (unpaired) electrons. The van der Waals surface area contributed by atoms with E-state index in [2.05, 4.69) is 17.6 Å². The number of carbonyl (C=O) groups excluding carboxylic acids is 1. The first-order valence-electron chi connectivity index (χ1n) is 9.39. The Hall–Kier alpha value is -0.610. The number of piperidine rings is 1. The van der Waals surface area contributed by atoms with Crippen LogP contribution in [0.15, 0.2) is 0 Å². The predicted molar refractivity (Wildman–Crippen MR) is 89.3 cm³/mol. The first-order valence-corrected chi connectivity index (χ1v) is 9.39. The molecule has 1 heterocycles. The van der Waals surface area contributed by atoms with Gasteiger partial charge in [0.1, 0.15) is 0 Å². The second-order valence-electron chi connectivity index (χ2n) is 8.06. The van der Waals surface area contributed by atoms with Gasteiger partial charge in [-0.05, 0) is 75.3 Å². The van der Waals surface area contributed by atoms with E-state index in [-0.39, 0.29) is 5.91 Å². The van der Waals surface area contributed by atoms with Crippen molar-refractivity contribution in [2.75, 3.05) is 13.1 Å². The Kier molecular flexibility index (Phi) is 5.40. The first kappa shape index (κ1) is 16.3. The van der Waals surface area contributed by atoms with E-state index in [1.165, 1.54) is 32.1 Å². The maximum atomic E-state index is 12.5. The second-order valence-corrected chi connectivity index (χ2v) is 8.06. The summed E-state index contributed by atoms with van der Waals surface area (Å²) in [4.78, 5) is 12.5. The van der Waals surface area contributed by atoms with Gasteiger partial charge in [-0.3, -0.25) is 4.79 Å². The molecule has 1 amide bonds. The van der Waals surface area contributed by atoms with Crippen molar-refractivity contribution in [3.8, 4) is 0 Å². The number of carbonyl (C=O) groups is 1. The summed E-state index contributed by atoms with van der Waals surface area (Å²) in [6.45, 7) is 4.47. The minimum Gasteiger partial charge on any atom is -0.353 e. The maximum Gasteiger partial charge on any atom is 0.220 e. The van der Waals surface area contributed by atoms with Gasteiger partial charge in [-0.15, -0.1) is 0 Å². The topological polar surface area (TPSA) is 67.2 Å². The van der Waals surface area contributed by atoms with Crippen LogP contribution in [0.4, 0.5) is 0 Å². The molecule has 2 bridgehead atoms. The molecule has 3 fully saturated rings. The van der Waals surface area contributed by atoms with Crippen LogP contribution in [0.2, 0.25) is 0 Å². The van der Waals surface area contributed by atoms with Crippen LogP contribution < -0.4 is 16.4 Å². The fourth-order valence-corrected chi connectivity index (χ4v) is 5.09. The molecule has 4 atom stereocenters. The summed E-state index contributed by atoms with van der Waals surface area (Å²) in [5.41, 5.74) is 6.18. The molecular weight excluding hydrogens is 274 g/mol. The number of nitrogens with one attached hydrogen (secondary N) is 2. The van der Waals surface area contributed by atoms with Crippen LogP contribution in [0.5, 0.6) is 0 Å². The Labute approximate surface area is 135 Å². The zero-order chi connectivity index (χ0) is 15.5. The van der Waals surface area contributed by atoms with E-state index in [1.807, 2.05) is 0 Å². The Balaban J connectivity index is 1.50. The molecule has 1 aliphatic heterocycles. The fraction of sp³-hybridized carbons (Fsp3) is 0.944. The zero-order valence-corrected chi connectivity index (χ0v) is 14.0. The molecule has 22 heavy (non-hydrogen) atoms. The van der Waals surface area contributed by atoms with Crippen molar-refractivity contribution in [1.82, 2.24) is 10.6 Å². The normalized spacial score (nSPS) is 40.0. The number of hydrogen-bond donors (Lipinski definition) is 3. The van der Waals surface area contributed by atoms with Gasteiger partial charge in [-0.2, -0.15) is 0 Å². The van der Waals surface area contributed by atoms with Crippen LogP contribution in [-0.4, -0.2) is 31.1 Å². The molecule has 0 aromatic carbocycles. The lowest BCUT2D eigenvalue weighted by atomic mass is 9.67. The average Bonchev–Trinajstić information content (AvgIpc) is 2.49. The van der Waals surface area contributed by atoms with E-state index in [4.69, 9.17) is 5.73 Å². The molecule has 4 heteroatoms. The van der Waals surface area contributed by atoms with E-state index < -0.39 is 0 Å². The monoisotopic (exact) mass is 307 g/mol. The van der Waals surface area contributed by atoms with Crippen molar-refractivity contribution in [3.05, 3.63) is 0 Å². The van der Waals surface area contributed by atoms with E-state index in [0.29, 0.717) is 42.2 Å². The smallest absolute Gasteiger partial charge is 0.220 e. The Morgan fingerprint density at radius 1 is 1.23 bits per heavy atom. The molecule has 4 unspecified atom stereocenters. The first-order chi connectivity index (χ1) is 10.6. The molecule has 3 rings (SSSR count). The van der Waals surface area contributed by atoms with Gasteiger partial charge >= 0.3 is 0 Å². The SMILES string of the molecule is CC(CC(=O)NC1C2CCCC1CC(N)C2)C1CCCNC1. The third kappa shape index (κ3) is 3.83. The fourth-order valence-electron chi connectivity index (χ4n) is 5.09. The van der Waals surface area contributed by atoms with Crippen molar-refractivity contribution in [3.63, 3.8) is 0 Å². The molecule has 126 valence electrons. The van der Waals surface area contributed by atoms with Gasteiger partial charge in [0, 0.05) is 18.5 Å². The van der Waals surface area contributed by atoms with Gasteiger partial charge in [-0.1, -0.05) is 13.3 Å². The molecule has 0 aromatic rings.